The first kappa shape index (κ1) is 14.2. The van der Waals surface area contributed by atoms with Crippen LogP contribution in [0, 0.1) is 5.92 Å². The maximum Gasteiger partial charge on any atom is 0.0777 e. The maximum atomic E-state index is 5.55. The lowest BCUT2D eigenvalue weighted by Gasteiger charge is -2.40. The Labute approximate surface area is 94.4 Å². The molecule has 0 aliphatic carbocycles. The van der Waals surface area contributed by atoms with E-state index in [2.05, 4.69) is 25.7 Å². The highest BCUT2D eigenvalue weighted by Gasteiger charge is 2.30. The van der Waals surface area contributed by atoms with Gasteiger partial charge in [-0.15, -0.1) is 12.4 Å². The molecule has 1 saturated heterocycles. The van der Waals surface area contributed by atoms with E-state index < -0.39 is 0 Å². The summed E-state index contributed by atoms with van der Waals surface area (Å²) >= 11 is 0. The smallest absolute Gasteiger partial charge is 0.0777 e. The Morgan fingerprint density at radius 3 is 2.57 bits per heavy atom. The molecule has 1 aliphatic rings. The van der Waals surface area contributed by atoms with Gasteiger partial charge in [0.05, 0.1) is 5.60 Å². The number of nitrogens with zero attached hydrogens (tertiary/aromatic N) is 1. The van der Waals surface area contributed by atoms with Crippen LogP contribution >= 0.6 is 12.4 Å². The second kappa shape index (κ2) is 5.94. The van der Waals surface area contributed by atoms with Crippen molar-refractivity contribution >= 4 is 12.4 Å². The highest BCUT2D eigenvalue weighted by atomic mass is 35.5. The molecule has 1 heterocycles. The lowest BCUT2D eigenvalue weighted by molar-refractivity contribution is -0.0527. The Balaban J connectivity index is 0.00000169. The first-order valence-corrected chi connectivity index (χ1v) is 5.33. The van der Waals surface area contributed by atoms with Crippen molar-refractivity contribution in [1.82, 2.24) is 4.90 Å². The fraction of sp³-hybridized carbons (Fsp3) is 1.00. The van der Waals surface area contributed by atoms with E-state index in [-0.39, 0.29) is 18.0 Å². The zero-order chi connectivity index (χ0) is 9.90. The lowest BCUT2D eigenvalue weighted by atomic mass is 9.94. The third-order valence-electron chi connectivity index (χ3n) is 2.85. The molecular weight excluding hydrogens is 198 g/mol. The molecule has 0 N–H and O–H groups in total. The van der Waals surface area contributed by atoms with Crippen LogP contribution in [-0.4, -0.2) is 37.2 Å². The topological polar surface area (TPSA) is 12.5 Å². The molecule has 1 atom stereocenters. The first-order valence-electron chi connectivity index (χ1n) is 5.33. The Kier molecular flexibility index (Phi) is 6.03. The van der Waals surface area contributed by atoms with E-state index in [1.54, 1.807) is 0 Å². The fourth-order valence-corrected chi connectivity index (χ4v) is 2.15. The highest BCUT2D eigenvalue weighted by Crippen LogP contribution is 2.24. The predicted molar refractivity (Wildman–Crippen MR) is 63.2 cm³/mol. The van der Waals surface area contributed by atoms with Gasteiger partial charge in [0.15, 0.2) is 0 Å². The number of halogens is 1. The predicted octanol–water partition coefficient (Wildman–Crippen LogP) is 2.57. The van der Waals surface area contributed by atoms with Crippen LogP contribution in [0.4, 0.5) is 0 Å². The zero-order valence-corrected chi connectivity index (χ0v) is 10.7. The monoisotopic (exact) mass is 221 g/mol. The normalized spacial score (nSPS) is 28.9. The van der Waals surface area contributed by atoms with E-state index in [0.717, 1.165) is 12.5 Å². The summed E-state index contributed by atoms with van der Waals surface area (Å²) in [6.07, 6.45) is 2.48. The van der Waals surface area contributed by atoms with Gasteiger partial charge in [0.25, 0.3) is 0 Å². The number of hydrogen-bond acceptors (Lipinski definition) is 2. The molecule has 1 aliphatic heterocycles. The Hall–Kier alpha value is 0.210. The molecule has 0 aromatic heterocycles. The second-order valence-electron chi connectivity index (χ2n) is 4.89. The summed E-state index contributed by atoms with van der Waals surface area (Å²) in [5, 5.41) is 0. The molecule has 86 valence electrons. The van der Waals surface area contributed by atoms with Gasteiger partial charge in [0.2, 0.25) is 0 Å². The number of hydrogen-bond donors (Lipinski definition) is 0. The van der Waals surface area contributed by atoms with Gasteiger partial charge >= 0.3 is 0 Å². The van der Waals surface area contributed by atoms with Crippen LogP contribution in [0.2, 0.25) is 0 Å². The largest absolute Gasteiger partial charge is 0.377 e. The molecule has 2 nitrogen and oxygen atoms in total. The molecule has 1 unspecified atom stereocenters. The van der Waals surface area contributed by atoms with Crippen LogP contribution < -0.4 is 0 Å². The summed E-state index contributed by atoms with van der Waals surface area (Å²) < 4.78 is 5.55. The minimum atomic E-state index is 0. The molecule has 0 spiro atoms. The van der Waals surface area contributed by atoms with Crippen molar-refractivity contribution in [3.63, 3.8) is 0 Å². The maximum absolute atomic E-state index is 5.55. The van der Waals surface area contributed by atoms with Crippen LogP contribution in [0.15, 0.2) is 0 Å². The van der Waals surface area contributed by atoms with Crippen molar-refractivity contribution in [3.05, 3.63) is 0 Å². The molecule has 0 saturated carbocycles. The van der Waals surface area contributed by atoms with Crippen LogP contribution in [0.25, 0.3) is 0 Å². The first-order chi connectivity index (χ1) is 6.06. The quantitative estimate of drug-likeness (QED) is 0.727. The fourth-order valence-electron chi connectivity index (χ4n) is 2.15. The molecule has 0 aromatic carbocycles. The molecule has 0 aromatic rings. The van der Waals surface area contributed by atoms with E-state index in [9.17, 15) is 0 Å². The van der Waals surface area contributed by atoms with Crippen molar-refractivity contribution in [2.45, 2.75) is 39.2 Å². The number of likely N-dealkylation sites (tertiary alicyclic amines) is 1. The molecule has 0 bridgehead atoms. The van der Waals surface area contributed by atoms with Crippen molar-refractivity contribution in [1.29, 1.82) is 0 Å². The zero-order valence-electron chi connectivity index (χ0n) is 9.88. The third kappa shape index (κ3) is 4.16. The minimum absolute atomic E-state index is 0. The van der Waals surface area contributed by atoms with Crippen LogP contribution in [0.1, 0.15) is 33.6 Å². The number of piperidine rings is 1. The lowest BCUT2D eigenvalue weighted by Crippen LogP contribution is -2.48. The number of ether oxygens (including phenoxy) is 1. The number of methoxy groups -OCH3 is 1. The molecule has 3 heteroatoms. The Bertz CT molecular complexity index is 163. The van der Waals surface area contributed by atoms with Gasteiger partial charge in [-0.05, 0) is 32.2 Å². The number of rotatable bonds is 3. The standard InChI is InChI=1S/C11H23NO.ClH/c1-10(2)8-12-7-5-6-11(3,9-12)13-4;/h10H,5-9H2,1-4H3;1H. The summed E-state index contributed by atoms with van der Waals surface area (Å²) in [5.41, 5.74) is 0.104. The summed E-state index contributed by atoms with van der Waals surface area (Å²) in [4.78, 5) is 2.53. The van der Waals surface area contributed by atoms with Crippen molar-refractivity contribution < 1.29 is 4.74 Å². The third-order valence-corrected chi connectivity index (χ3v) is 2.85. The van der Waals surface area contributed by atoms with Crippen molar-refractivity contribution in [2.24, 2.45) is 5.92 Å². The van der Waals surface area contributed by atoms with E-state index in [1.807, 2.05) is 7.11 Å². The Morgan fingerprint density at radius 2 is 2.07 bits per heavy atom. The van der Waals surface area contributed by atoms with E-state index in [0.29, 0.717) is 0 Å². The van der Waals surface area contributed by atoms with Gasteiger partial charge < -0.3 is 9.64 Å². The molecular formula is C11H24ClNO. The van der Waals surface area contributed by atoms with E-state index in [4.69, 9.17) is 4.74 Å². The minimum Gasteiger partial charge on any atom is -0.377 e. The average molecular weight is 222 g/mol. The van der Waals surface area contributed by atoms with Gasteiger partial charge in [-0.1, -0.05) is 13.8 Å². The van der Waals surface area contributed by atoms with Crippen LogP contribution in [0.5, 0.6) is 0 Å². The van der Waals surface area contributed by atoms with E-state index >= 15 is 0 Å². The van der Waals surface area contributed by atoms with Crippen LogP contribution in [0.3, 0.4) is 0 Å². The summed E-state index contributed by atoms with van der Waals surface area (Å²) in [5.74, 6) is 0.763. The second-order valence-corrected chi connectivity index (χ2v) is 4.89. The molecule has 0 amide bonds. The van der Waals surface area contributed by atoms with Crippen molar-refractivity contribution in [3.8, 4) is 0 Å². The summed E-state index contributed by atoms with van der Waals surface area (Å²) in [6.45, 7) is 10.3. The van der Waals surface area contributed by atoms with Gasteiger partial charge in [-0.25, -0.2) is 0 Å². The molecule has 1 rings (SSSR count). The molecule has 0 radical (unpaired) electrons. The van der Waals surface area contributed by atoms with Gasteiger partial charge in [-0.3, -0.25) is 0 Å². The summed E-state index contributed by atoms with van der Waals surface area (Å²) in [7, 11) is 1.83. The summed E-state index contributed by atoms with van der Waals surface area (Å²) in [6, 6.07) is 0. The molecule has 14 heavy (non-hydrogen) atoms. The van der Waals surface area contributed by atoms with E-state index in [1.165, 1.54) is 25.9 Å². The van der Waals surface area contributed by atoms with Crippen LogP contribution in [-0.2, 0) is 4.74 Å². The van der Waals surface area contributed by atoms with Gasteiger partial charge in [0, 0.05) is 20.2 Å². The molecule has 1 fully saturated rings. The SMILES string of the molecule is COC1(C)CCCN(CC(C)C)C1.Cl. The average Bonchev–Trinajstić information content (AvgIpc) is 2.03. The van der Waals surface area contributed by atoms with Gasteiger partial charge in [0.1, 0.15) is 0 Å². The van der Waals surface area contributed by atoms with Gasteiger partial charge in [-0.2, -0.15) is 0 Å². The van der Waals surface area contributed by atoms with Crippen molar-refractivity contribution in [2.75, 3.05) is 26.7 Å². The Morgan fingerprint density at radius 1 is 1.43 bits per heavy atom. The highest BCUT2D eigenvalue weighted by molar-refractivity contribution is 5.85.